The molecule has 2 N–H and O–H groups in total. The Morgan fingerprint density at radius 2 is 1.44 bits per heavy atom. The number of nitrogens with one attached hydrogen (secondary N) is 2. The van der Waals surface area contributed by atoms with Crippen LogP contribution in [0, 0.1) is 0 Å². The predicted molar refractivity (Wildman–Crippen MR) is 146 cm³/mol. The van der Waals surface area contributed by atoms with Crippen molar-refractivity contribution >= 4 is 101 Å². The van der Waals surface area contributed by atoms with Crippen molar-refractivity contribution in [1.29, 1.82) is 0 Å². The number of hydrogen-bond donors (Lipinski definition) is 2. The molecule has 0 aromatic heterocycles. The fraction of sp³-hybridized carbons (Fsp3) is 0.0952. The van der Waals surface area contributed by atoms with Crippen LogP contribution in [0.25, 0.3) is 0 Å². The van der Waals surface area contributed by atoms with E-state index in [1.165, 1.54) is 54.6 Å². The molecule has 36 heavy (non-hydrogen) atoms. The van der Waals surface area contributed by atoms with Gasteiger partial charge in [0.15, 0.2) is 0 Å². The Hall–Kier alpha value is -1.92. The van der Waals surface area contributed by atoms with Crippen molar-refractivity contribution in [2.24, 2.45) is 0 Å². The van der Waals surface area contributed by atoms with Gasteiger partial charge in [-0.05, 0) is 48.5 Å². The fourth-order valence-corrected chi connectivity index (χ4v) is 5.95. The van der Waals surface area contributed by atoms with Crippen LogP contribution in [0.2, 0.25) is 25.1 Å². The molecule has 3 rings (SSSR count). The second-order valence-electron chi connectivity index (χ2n) is 7.27. The molecule has 1 amide bonds. The number of carbonyl (C=O) groups excluding carboxylic acids is 1. The Morgan fingerprint density at radius 3 is 2.06 bits per heavy atom. The topological polar surface area (TPSA) is 113 Å². The average molecular weight is 632 g/mol. The molecule has 0 saturated carbocycles. The van der Waals surface area contributed by atoms with Gasteiger partial charge in [-0.2, -0.15) is 0 Å². The van der Waals surface area contributed by atoms with Crippen LogP contribution < -0.4 is 14.3 Å². The van der Waals surface area contributed by atoms with Gasteiger partial charge < -0.3 is 5.32 Å². The lowest BCUT2D eigenvalue weighted by atomic mass is 10.3. The van der Waals surface area contributed by atoms with E-state index in [1.807, 2.05) is 0 Å². The summed E-state index contributed by atoms with van der Waals surface area (Å²) < 4.78 is 53.2. The molecule has 0 radical (unpaired) electrons. The molecule has 0 aliphatic heterocycles. The van der Waals surface area contributed by atoms with E-state index in [4.69, 9.17) is 58.0 Å². The van der Waals surface area contributed by atoms with E-state index in [0.29, 0.717) is 0 Å². The Morgan fingerprint density at radius 1 is 0.833 bits per heavy atom. The highest BCUT2D eigenvalue weighted by Crippen LogP contribution is 2.35. The molecule has 0 atom stereocenters. The number of rotatable bonds is 8. The van der Waals surface area contributed by atoms with Crippen LogP contribution in [0.4, 0.5) is 17.1 Å². The maximum Gasteiger partial charge on any atom is 0.261 e. The van der Waals surface area contributed by atoms with Crippen molar-refractivity contribution < 1.29 is 21.6 Å². The third-order valence-electron chi connectivity index (χ3n) is 4.59. The highest BCUT2D eigenvalue weighted by Gasteiger charge is 2.24. The largest absolute Gasteiger partial charge is 0.325 e. The number of nitrogens with zero attached hydrogens (tertiary/aromatic N) is 1. The molecule has 0 aliphatic carbocycles. The second kappa shape index (κ2) is 11.2. The first kappa shape index (κ1) is 28.6. The maximum atomic E-state index is 12.7. The lowest BCUT2D eigenvalue weighted by molar-refractivity contribution is -0.114. The smallest absolute Gasteiger partial charge is 0.261 e. The molecule has 0 saturated heterocycles. The lowest BCUT2D eigenvalue weighted by Gasteiger charge is -2.23. The zero-order valence-corrected chi connectivity index (χ0v) is 23.5. The Bertz CT molecular complexity index is 1530. The van der Waals surface area contributed by atoms with Crippen molar-refractivity contribution in [2.45, 2.75) is 4.90 Å². The van der Waals surface area contributed by atoms with Gasteiger partial charge in [-0.1, -0.05) is 64.1 Å². The summed E-state index contributed by atoms with van der Waals surface area (Å²) >= 11 is 30.0. The second-order valence-corrected chi connectivity index (χ2v) is 12.9. The van der Waals surface area contributed by atoms with Crippen LogP contribution in [-0.2, 0) is 24.8 Å². The minimum absolute atomic E-state index is 0.0236. The monoisotopic (exact) mass is 629 g/mol. The van der Waals surface area contributed by atoms with Gasteiger partial charge in [-0.15, -0.1) is 0 Å². The normalized spacial score (nSPS) is 11.7. The van der Waals surface area contributed by atoms with E-state index < -0.39 is 32.5 Å². The third kappa shape index (κ3) is 6.89. The number of anilines is 3. The van der Waals surface area contributed by atoms with Crippen LogP contribution in [-0.4, -0.2) is 35.5 Å². The molecule has 0 unspecified atom stereocenters. The quantitative estimate of drug-likeness (QED) is 0.289. The molecule has 0 bridgehead atoms. The summed E-state index contributed by atoms with van der Waals surface area (Å²) in [5, 5.41) is 2.87. The Labute approximate surface area is 233 Å². The van der Waals surface area contributed by atoms with Gasteiger partial charge in [0, 0.05) is 5.69 Å². The van der Waals surface area contributed by atoms with Crippen molar-refractivity contribution in [1.82, 2.24) is 0 Å². The van der Waals surface area contributed by atoms with E-state index in [2.05, 4.69) is 10.0 Å². The first-order valence-electron chi connectivity index (χ1n) is 9.68. The molecule has 8 nitrogen and oxygen atoms in total. The average Bonchev–Trinajstić information content (AvgIpc) is 2.77. The molecule has 192 valence electrons. The van der Waals surface area contributed by atoms with E-state index in [9.17, 15) is 21.6 Å². The summed E-state index contributed by atoms with van der Waals surface area (Å²) in [6.07, 6.45) is 0.901. The van der Waals surface area contributed by atoms with Crippen LogP contribution in [0.3, 0.4) is 0 Å². The summed E-state index contributed by atoms with van der Waals surface area (Å²) in [6, 6.07) is 12.2. The molecular formula is C21H16Cl5N3O5S2. The van der Waals surface area contributed by atoms with Gasteiger partial charge >= 0.3 is 0 Å². The number of halogens is 5. The van der Waals surface area contributed by atoms with Crippen molar-refractivity contribution in [3.05, 3.63) is 79.7 Å². The predicted octanol–water partition coefficient (Wildman–Crippen LogP) is 6.16. The third-order valence-corrected chi connectivity index (χ3v) is 8.94. The van der Waals surface area contributed by atoms with Gasteiger partial charge in [-0.3, -0.25) is 13.8 Å². The van der Waals surface area contributed by atoms with Gasteiger partial charge in [-0.25, -0.2) is 16.8 Å². The molecule has 0 aliphatic rings. The van der Waals surface area contributed by atoms with E-state index in [1.54, 1.807) is 0 Å². The number of carbonyl (C=O) groups is 1. The zero-order chi connectivity index (χ0) is 26.8. The molecule has 3 aromatic carbocycles. The molecule has 0 heterocycles. The van der Waals surface area contributed by atoms with Gasteiger partial charge in [0.05, 0.1) is 47.6 Å². The fourth-order valence-electron chi connectivity index (χ4n) is 2.92. The summed E-state index contributed by atoms with van der Waals surface area (Å²) in [5.41, 5.74) is 0.285. The summed E-state index contributed by atoms with van der Waals surface area (Å²) in [7, 11) is -7.96. The summed E-state index contributed by atoms with van der Waals surface area (Å²) in [5.74, 6) is -0.720. The molecular weight excluding hydrogens is 616 g/mol. The highest BCUT2D eigenvalue weighted by molar-refractivity contribution is 7.92. The van der Waals surface area contributed by atoms with Gasteiger partial charge in [0.25, 0.3) is 10.0 Å². The number of hydrogen-bond acceptors (Lipinski definition) is 5. The first-order chi connectivity index (χ1) is 16.7. The minimum Gasteiger partial charge on any atom is -0.325 e. The molecule has 3 aromatic rings. The first-order valence-corrected chi connectivity index (χ1v) is 14.9. The summed E-state index contributed by atoms with van der Waals surface area (Å²) in [6.45, 7) is -0.634. The molecule has 15 heteroatoms. The molecule has 0 spiro atoms. The van der Waals surface area contributed by atoms with Crippen LogP contribution >= 0.6 is 58.0 Å². The maximum absolute atomic E-state index is 12.7. The molecule has 0 fully saturated rings. The van der Waals surface area contributed by atoms with Crippen molar-refractivity contribution in [3.63, 3.8) is 0 Å². The summed E-state index contributed by atoms with van der Waals surface area (Å²) in [4.78, 5) is 12.5. The number of sulfonamides is 2. The van der Waals surface area contributed by atoms with Gasteiger partial charge in [0.2, 0.25) is 15.9 Å². The van der Waals surface area contributed by atoms with Crippen LogP contribution in [0.5, 0.6) is 0 Å². The number of benzene rings is 3. The van der Waals surface area contributed by atoms with Crippen molar-refractivity contribution in [3.8, 4) is 0 Å². The van der Waals surface area contributed by atoms with E-state index >= 15 is 0 Å². The lowest BCUT2D eigenvalue weighted by Crippen LogP contribution is -2.37. The van der Waals surface area contributed by atoms with Gasteiger partial charge in [0.1, 0.15) is 6.54 Å². The van der Waals surface area contributed by atoms with Crippen LogP contribution in [0.1, 0.15) is 0 Å². The van der Waals surface area contributed by atoms with E-state index in [0.717, 1.165) is 10.6 Å². The zero-order valence-electron chi connectivity index (χ0n) is 18.1. The SMILES string of the molecule is CS(=O)(=O)N(CC(=O)Nc1ccc(S(=O)(=O)Nc2cccc(Cl)c2Cl)cc1)c1cc(Cl)c(Cl)cc1Cl. The highest BCUT2D eigenvalue weighted by atomic mass is 35.5. The Balaban J connectivity index is 1.77. The van der Waals surface area contributed by atoms with Crippen LogP contribution in [0.15, 0.2) is 59.5 Å². The van der Waals surface area contributed by atoms with Crippen molar-refractivity contribution in [2.75, 3.05) is 27.1 Å². The number of amides is 1. The van der Waals surface area contributed by atoms with E-state index in [-0.39, 0.29) is 47.1 Å². The minimum atomic E-state index is -4.02. The Kier molecular flexibility index (Phi) is 8.93. The standard InChI is InChI=1S/C21H16Cl5N3O5S2/c1-35(31,32)29(19-10-16(24)15(23)9-17(19)25)11-20(30)27-12-5-7-13(8-6-12)36(33,34)28-18-4-2-3-14(22)21(18)26/h2-10,28H,11H2,1H3,(H,27,30).